The Kier molecular flexibility index (Phi) is 4.94. The summed E-state index contributed by atoms with van der Waals surface area (Å²) in [7, 11) is -10.7. The van der Waals surface area contributed by atoms with Crippen molar-refractivity contribution in [1.29, 1.82) is 0 Å². The molecule has 0 aliphatic carbocycles. The summed E-state index contributed by atoms with van der Waals surface area (Å²) in [5.41, 5.74) is 1.33. The number of aromatic nitrogens is 1. The zero-order valence-corrected chi connectivity index (χ0v) is 13.5. The number of benzene rings is 1. The summed E-state index contributed by atoms with van der Waals surface area (Å²) in [6.07, 6.45) is 4.24. The van der Waals surface area contributed by atoms with Crippen LogP contribution in [0.4, 0.5) is 25.2 Å². The molecule has 0 aliphatic heterocycles. The zero-order valence-electron chi connectivity index (χ0n) is 10.4. The van der Waals surface area contributed by atoms with Crippen LogP contribution in [0.25, 0.3) is 0 Å². The van der Waals surface area contributed by atoms with Crippen molar-refractivity contribution in [3.63, 3.8) is 0 Å². The quantitative estimate of drug-likeness (QED) is 0.233. The first-order valence-electron chi connectivity index (χ1n) is 5.54. The predicted octanol–water partition coefficient (Wildman–Crippen LogP) is 6.01. The Labute approximate surface area is 131 Å². The summed E-state index contributed by atoms with van der Waals surface area (Å²) >= 11 is 2.33. The Bertz CT molecular complexity index is 588. The van der Waals surface area contributed by atoms with Crippen molar-refractivity contribution in [1.82, 2.24) is 0 Å². The van der Waals surface area contributed by atoms with Gasteiger partial charge >= 0.3 is 33.0 Å². The van der Waals surface area contributed by atoms with Gasteiger partial charge in [0.25, 0.3) is 0 Å². The van der Waals surface area contributed by atoms with E-state index in [1.54, 1.807) is 0 Å². The molecule has 0 saturated carbocycles. The molecular formula is C12H11F6INP. The summed E-state index contributed by atoms with van der Waals surface area (Å²) in [5, 5.41) is 0. The third-order valence-electron chi connectivity index (χ3n) is 2.03. The van der Waals surface area contributed by atoms with Crippen molar-refractivity contribution in [2.45, 2.75) is 6.54 Å². The molecule has 118 valence electrons. The molecular weight excluding hydrogens is 430 g/mol. The van der Waals surface area contributed by atoms with Gasteiger partial charge in [0, 0.05) is 11.6 Å². The van der Waals surface area contributed by atoms with Crippen molar-refractivity contribution in [2.24, 2.45) is 0 Å². The van der Waals surface area contributed by atoms with E-state index in [0.717, 1.165) is 6.54 Å². The SMILES string of the molecule is F[P-](F)(F)(F)(F)F.Ic1ccc[n+](Cc2ccccc2)c1. The second kappa shape index (κ2) is 5.72. The molecule has 1 heterocycles. The van der Waals surface area contributed by atoms with E-state index < -0.39 is 7.81 Å². The summed E-state index contributed by atoms with van der Waals surface area (Å²) < 4.78 is 62.7. The minimum absolute atomic E-state index is 0.942. The average molecular weight is 441 g/mol. The monoisotopic (exact) mass is 441 g/mol. The van der Waals surface area contributed by atoms with Gasteiger partial charge in [0.1, 0.15) is 0 Å². The maximum absolute atomic E-state index is 10.7. The van der Waals surface area contributed by atoms with Crippen molar-refractivity contribution in [3.05, 3.63) is 64.0 Å². The van der Waals surface area contributed by atoms with Gasteiger partial charge in [0.05, 0.1) is 3.57 Å². The molecule has 0 amide bonds. The number of nitrogens with zero attached hydrogens (tertiary/aromatic N) is 1. The Hall–Kier alpha value is -0.890. The third-order valence-corrected chi connectivity index (χ3v) is 2.67. The van der Waals surface area contributed by atoms with Gasteiger partial charge in [-0.25, -0.2) is 0 Å². The van der Waals surface area contributed by atoms with E-state index in [1.165, 1.54) is 9.13 Å². The van der Waals surface area contributed by atoms with E-state index in [4.69, 9.17) is 0 Å². The van der Waals surface area contributed by atoms with E-state index in [9.17, 15) is 25.2 Å². The second-order valence-corrected chi connectivity index (χ2v) is 7.30. The molecule has 0 radical (unpaired) electrons. The standard InChI is InChI=1S/C12H11IN.F6P/c13-12-7-4-8-14(10-12)9-11-5-2-1-3-6-11;1-7(2,3,4,5)6/h1-8,10H,9H2;/q+1;-1. The molecule has 0 atom stereocenters. The first-order valence-corrected chi connectivity index (χ1v) is 8.65. The van der Waals surface area contributed by atoms with Gasteiger partial charge in [0.15, 0.2) is 18.9 Å². The molecule has 0 unspecified atom stereocenters. The molecule has 0 saturated heterocycles. The van der Waals surface area contributed by atoms with Crippen LogP contribution in [0.15, 0.2) is 54.9 Å². The third kappa shape index (κ3) is 12.6. The predicted molar refractivity (Wildman–Crippen MR) is 78.5 cm³/mol. The maximum atomic E-state index is 9.87. The first kappa shape index (κ1) is 18.2. The smallest absolute Gasteiger partial charge is 0.182 e. The molecule has 0 aliphatic rings. The molecule has 2 rings (SSSR count). The van der Waals surface area contributed by atoms with E-state index in [1.807, 2.05) is 6.07 Å². The minimum atomic E-state index is -10.7. The second-order valence-electron chi connectivity index (χ2n) is 4.14. The molecule has 1 nitrogen and oxygen atoms in total. The number of hydrogen-bond acceptors (Lipinski definition) is 0. The number of hydrogen-bond donors (Lipinski definition) is 0. The summed E-state index contributed by atoms with van der Waals surface area (Å²) in [4.78, 5) is 0. The van der Waals surface area contributed by atoms with E-state index in [0.29, 0.717) is 0 Å². The number of pyridine rings is 1. The molecule has 0 N–H and O–H groups in total. The van der Waals surface area contributed by atoms with E-state index >= 15 is 0 Å². The number of rotatable bonds is 2. The van der Waals surface area contributed by atoms with Gasteiger partial charge in [-0.1, -0.05) is 30.3 Å². The molecule has 0 fully saturated rings. The Balaban J connectivity index is 0.000000270. The number of halogens is 7. The van der Waals surface area contributed by atoms with Gasteiger partial charge in [-0.15, -0.1) is 0 Å². The van der Waals surface area contributed by atoms with Gasteiger partial charge in [-0.05, 0) is 28.7 Å². The van der Waals surface area contributed by atoms with Crippen LogP contribution in [0, 0.1) is 3.57 Å². The maximum Gasteiger partial charge on any atom is 0.182 e. The van der Waals surface area contributed by atoms with Crippen molar-refractivity contribution in [3.8, 4) is 0 Å². The van der Waals surface area contributed by atoms with Crippen LogP contribution >= 0.6 is 30.4 Å². The van der Waals surface area contributed by atoms with Gasteiger partial charge in [0.2, 0.25) is 0 Å². The molecule has 21 heavy (non-hydrogen) atoms. The fourth-order valence-electron chi connectivity index (χ4n) is 1.38. The van der Waals surface area contributed by atoms with Crippen molar-refractivity contribution in [2.75, 3.05) is 0 Å². The van der Waals surface area contributed by atoms with E-state index in [-0.39, 0.29) is 0 Å². The summed E-state index contributed by atoms with van der Waals surface area (Å²) in [6.45, 7) is 0.942. The van der Waals surface area contributed by atoms with Gasteiger partial charge < -0.3 is 0 Å². The fraction of sp³-hybridized carbons (Fsp3) is 0.0833. The van der Waals surface area contributed by atoms with Gasteiger partial charge in [-0.3, -0.25) is 0 Å². The Morgan fingerprint density at radius 3 is 1.86 bits per heavy atom. The molecule has 9 heteroatoms. The molecule has 1 aromatic heterocycles. The minimum Gasteiger partial charge on any atom is -0.200 e. The van der Waals surface area contributed by atoms with Crippen molar-refractivity contribution >= 4 is 30.4 Å². The van der Waals surface area contributed by atoms with Crippen LogP contribution in [0.1, 0.15) is 5.56 Å². The van der Waals surface area contributed by atoms with Crippen LogP contribution in [-0.2, 0) is 6.54 Å². The van der Waals surface area contributed by atoms with Gasteiger partial charge in [-0.2, -0.15) is 4.57 Å². The normalized spacial score (nSPS) is 14.4. The molecule has 2 aromatic rings. The van der Waals surface area contributed by atoms with Crippen LogP contribution in [0.3, 0.4) is 0 Å². The largest absolute Gasteiger partial charge is 0.200 e. The van der Waals surface area contributed by atoms with Crippen LogP contribution in [-0.4, -0.2) is 0 Å². The average Bonchev–Trinajstić information content (AvgIpc) is 2.26. The molecule has 0 bridgehead atoms. The van der Waals surface area contributed by atoms with Crippen LogP contribution in [0.2, 0.25) is 0 Å². The summed E-state index contributed by atoms with van der Waals surface area (Å²) in [6, 6.07) is 14.7. The molecule has 1 aromatic carbocycles. The zero-order chi connectivity index (χ0) is 16.2. The first-order chi connectivity index (χ1) is 9.29. The summed E-state index contributed by atoms with van der Waals surface area (Å²) in [5.74, 6) is 0. The van der Waals surface area contributed by atoms with Crippen LogP contribution in [0.5, 0.6) is 0 Å². The molecule has 0 spiro atoms. The van der Waals surface area contributed by atoms with E-state index in [2.05, 4.69) is 75.9 Å². The topological polar surface area (TPSA) is 3.88 Å². The fourth-order valence-corrected chi connectivity index (χ4v) is 1.95. The Morgan fingerprint density at radius 1 is 0.857 bits per heavy atom. The van der Waals surface area contributed by atoms with Crippen LogP contribution < -0.4 is 4.57 Å². The van der Waals surface area contributed by atoms with Crippen molar-refractivity contribution < 1.29 is 29.7 Å². The Morgan fingerprint density at radius 2 is 1.38 bits per heavy atom.